The van der Waals surface area contributed by atoms with E-state index in [0.29, 0.717) is 19.6 Å². The van der Waals surface area contributed by atoms with E-state index in [1.807, 2.05) is 6.92 Å². The van der Waals surface area contributed by atoms with Gasteiger partial charge in [-0.1, -0.05) is 13.0 Å². The minimum Gasteiger partial charge on any atom is -0.371 e. The van der Waals surface area contributed by atoms with E-state index in [2.05, 4.69) is 6.58 Å². The van der Waals surface area contributed by atoms with E-state index >= 15 is 0 Å². The summed E-state index contributed by atoms with van der Waals surface area (Å²) in [5.41, 5.74) is -1.74. The first-order valence-electron chi connectivity index (χ1n) is 6.27. The first-order chi connectivity index (χ1) is 9.10. The molecule has 0 amide bonds. The number of rotatable bonds is 6. The zero-order valence-electron chi connectivity index (χ0n) is 10.9. The molecule has 104 valence electrons. The van der Waals surface area contributed by atoms with Crippen molar-refractivity contribution in [3.05, 3.63) is 44.1 Å². The minimum atomic E-state index is -0.599. The number of aromatic nitrogens is 3. The fourth-order valence-electron chi connectivity index (χ4n) is 1.92. The van der Waals surface area contributed by atoms with Crippen LogP contribution in [0.1, 0.15) is 13.3 Å². The van der Waals surface area contributed by atoms with Crippen molar-refractivity contribution < 1.29 is 4.74 Å². The molecule has 0 aliphatic carbocycles. The van der Waals surface area contributed by atoms with Crippen molar-refractivity contribution in [3.63, 3.8) is 0 Å². The van der Waals surface area contributed by atoms with Gasteiger partial charge in [-0.15, -0.1) is 6.58 Å². The van der Waals surface area contributed by atoms with Gasteiger partial charge in [0.2, 0.25) is 0 Å². The quantitative estimate of drug-likeness (QED) is 0.497. The Morgan fingerprint density at radius 2 is 1.79 bits per heavy atom. The zero-order chi connectivity index (χ0) is 14.0. The van der Waals surface area contributed by atoms with Crippen LogP contribution in [0.2, 0.25) is 0 Å². The molecule has 1 fully saturated rings. The number of epoxide rings is 1. The van der Waals surface area contributed by atoms with Crippen LogP contribution in [0.5, 0.6) is 0 Å². The number of hydrogen-bond acceptors (Lipinski definition) is 4. The van der Waals surface area contributed by atoms with Crippen LogP contribution in [-0.2, 0) is 24.4 Å². The number of ether oxygens (including phenoxy) is 1. The SMILES string of the molecule is C=CCn1c(=O)n(CCC)c(=O)n(CC2CO2)c1=O. The van der Waals surface area contributed by atoms with Crippen LogP contribution in [0.3, 0.4) is 0 Å². The molecule has 7 heteroatoms. The summed E-state index contributed by atoms with van der Waals surface area (Å²) in [5, 5.41) is 0. The molecule has 0 radical (unpaired) electrons. The second-order valence-electron chi connectivity index (χ2n) is 4.46. The standard InChI is InChI=1S/C12H17N3O4/c1-3-5-13-10(16)14(6-4-2)12(18)15(11(13)17)7-9-8-19-9/h3,9H,1,4-8H2,2H3. The largest absolute Gasteiger partial charge is 0.371 e. The molecule has 1 aliphatic heterocycles. The molecule has 19 heavy (non-hydrogen) atoms. The topological polar surface area (TPSA) is 78.5 Å². The van der Waals surface area contributed by atoms with E-state index in [1.165, 1.54) is 6.08 Å². The Balaban J connectivity index is 2.64. The molecule has 0 bridgehead atoms. The average molecular weight is 267 g/mol. The maximum atomic E-state index is 12.2. The minimum absolute atomic E-state index is 0.0905. The van der Waals surface area contributed by atoms with Gasteiger partial charge in [0.05, 0.1) is 25.8 Å². The number of allylic oxidation sites excluding steroid dienone is 1. The van der Waals surface area contributed by atoms with Gasteiger partial charge in [0.15, 0.2) is 0 Å². The lowest BCUT2D eigenvalue weighted by molar-refractivity contribution is 0.360. The predicted octanol–water partition coefficient (Wildman–Crippen LogP) is -0.833. The highest BCUT2D eigenvalue weighted by Gasteiger charge is 2.26. The highest BCUT2D eigenvalue weighted by Crippen LogP contribution is 2.08. The first-order valence-corrected chi connectivity index (χ1v) is 6.27. The highest BCUT2D eigenvalue weighted by molar-refractivity contribution is 4.84. The van der Waals surface area contributed by atoms with E-state index in [1.54, 1.807) is 0 Å². The molecule has 2 heterocycles. The Morgan fingerprint density at radius 1 is 1.21 bits per heavy atom. The van der Waals surface area contributed by atoms with Crippen LogP contribution < -0.4 is 17.1 Å². The molecule has 7 nitrogen and oxygen atoms in total. The van der Waals surface area contributed by atoms with Gasteiger partial charge >= 0.3 is 17.1 Å². The summed E-state index contributed by atoms with van der Waals surface area (Å²) in [6.45, 7) is 6.50. The molecule has 1 aromatic heterocycles. The third-order valence-corrected chi connectivity index (χ3v) is 2.93. The van der Waals surface area contributed by atoms with Crippen molar-refractivity contribution in [2.45, 2.75) is 39.1 Å². The van der Waals surface area contributed by atoms with Crippen LogP contribution in [0.4, 0.5) is 0 Å². The Labute approximate surface area is 109 Å². The van der Waals surface area contributed by atoms with Crippen molar-refractivity contribution in [1.82, 2.24) is 13.7 Å². The summed E-state index contributed by atoms with van der Waals surface area (Å²) in [7, 11) is 0. The van der Waals surface area contributed by atoms with Crippen LogP contribution in [0.15, 0.2) is 27.0 Å². The molecule has 1 unspecified atom stereocenters. The molecule has 0 aromatic carbocycles. The second-order valence-corrected chi connectivity index (χ2v) is 4.46. The molecular weight excluding hydrogens is 250 g/mol. The van der Waals surface area contributed by atoms with Crippen LogP contribution in [0, 0.1) is 0 Å². The Bertz CT molecular complexity index is 648. The van der Waals surface area contributed by atoms with Crippen molar-refractivity contribution in [1.29, 1.82) is 0 Å². The maximum Gasteiger partial charge on any atom is 0.336 e. The Hall–Kier alpha value is -1.89. The van der Waals surface area contributed by atoms with E-state index in [-0.39, 0.29) is 19.2 Å². The van der Waals surface area contributed by atoms with Crippen molar-refractivity contribution >= 4 is 0 Å². The van der Waals surface area contributed by atoms with Crippen molar-refractivity contribution in [2.24, 2.45) is 0 Å². The molecule has 1 atom stereocenters. The van der Waals surface area contributed by atoms with Crippen molar-refractivity contribution in [3.8, 4) is 0 Å². The fraction of sp³-hybridized carbons (Fsp3) is 0.583. The molecular formula is C12H17N3O4. The smallest absolute Gasteiger partial charge is 0.336 e. The first kappa shape index (κ1) is 13.5. The lowest BCUT2D eigenvalue weighted by Crippen LogP contribution is -2.54. The molecule has 0 N–H and O–H groups in total. The van der Waals surface area contributed by atoms with Crippen LogP contribution in [0.25, 0.3) is 0 Å². The lowest BCUT2D eigenvalue weighted by atomic mass is 10.4. The summed E-state index contributed by atoms with van der Waals surface area (Å²) in [4.78, 5) is 36.4. The third-order valence-electron chi connectivity index (χ3n) is 2.93. The molecule has 2 rings (SSSR count). The van der Waals surface area contributed by atoms with Gasteiger partial charge in [-0.25, -0.2) is 28.1 Å². The van der Waals surface area contributed by atoms with E-state index in [9.17, 15) is 14.4 Å². The normalized spacial score (nSPS) is 17.4. The number of nitrogens with zero attached hydrogens (tertiary/aromatic N) is 3. The van der Waals surface area contributed by atoms with Crippen LogP contribution in [-0.4, -0.2) is 26.4 Å². The zero-order valence-corrected chi connectivity index (χ0v) is 10.9. The summed E-state index contributed by atoms with van der Waals surface area (Å²) in [5.74, 6) is 0. The monoisotopic (exact) mass is 267 g/mol. The molecule has 0 saturated carbocycles. The van der Waals surface area contributed by atoms with Gasteiger partial charge in [0, 0.05) is 6.54 Å². The molecule has 1 aromatic rings. The third kappa shape index (κ3) is 2.60. The second kappa shape index (κ2) is 5.40. The maximum absolute atomic E-state index is 12.2. The Kier molecular flexibility index (Phi) is 3.84. The van der Waals surface area contributed by atoms with Crippen molar-refractivity contribution in [2.75, 3.05) is 6.61 Å². The van der Waals surface area contributed by atoms with E-state index < -0.39 is 17.1 Å². The van der Waals surface area contributed by atoms with Gasteiger partial charge < -0.3 is 4.74 Å². The van der Waals surface area contributed by atoms with Gasteiger partial charge in [-0.3, -0.25) is 0 Å². The van der Waals surface area contributed by atoms with Gasteiger partial charge in [0.25, 0.3) is 0 Å². The Morgan fingerprint density at radius 3 is 2.32 bits per heavy atom. The van der Waals surface area contributed by atoms with Gasteiger partial charge in [-0.2, -0.15) is 0 Å². The van der Waals surface area contributed by atoms with E-state index in [4.69, 9.17) is 4.74 Å². The van der Waals surface area contributed by atoms with Crippen LogP contribution >= 0.6 is 0 Å². The average Bonchev–Trinajstić information content (AvgIpc) is 3.20. The predicted molar refractivity (Wildman–Crippen MR) is 69.5 cm³/mol. The fourth-order valence-corrected chi connectivity index (χ4v) is 1.92. The summed E-state index contributed by atoms with van der Waals surface area (Å²) >= 11 is 0. The lowest BCUT2D eigenvalue weighted by Gasteiger charge is -2.11. The van der Waals surface area contributed by atoms with Gasteiger partial charge in [-0.05, 0) is 6.42 Å². The summed E-state index contributed by atoms with van der Waals surface area (Å²) in [6, 6.07) is 0. The summed E-state index contributed by atoms with van der Waals surface area (Å²) < 4.78 is 8.22. The summed E-state index contributed by atoms with van der Waals surface area (Å²) in [6.07, 6.45) is 2.00. The van der Waals surface area contributed by atoms with Gasteiger partial charge in [0.1, 0.15) is 0 Å². The molecule has 0 spiro atoms. The van der Waals surface area contributed by atoms with E-state index in [0.717, 1.165) is 13.7 Å². The highest BCUT2D eigenvalue weighted by atomic mass is 16.6. The molecule has 1 aliphatic rings. The molecule has 1 saturated heterocycles. The number of hydrogen-bond donors (Lipinski definition) is 0.